The fourth-order valence-electron chi connectivity index (χ4n) is 6.88. The van der Waals surface area contributed by atoms with Crippen molar-refractivity contribution in [2.45, 2.75) is 224 Å². The lowest BCUT2D eigenvalue weighted by Crippen LogP contribution is -2.71. The van der Waals surface area contributed by atoms with Gasteiger partial charge in [-0.1, -0.05) is 174 Å². The SMILES string of the molecule is CCCCCCCCCCCCCCCC(=O)C(O)(C(=O)C(O)CCCCCCCCCCCCCCC)C1(O)C(=O)CCC1=O. The van der Waals surface area contributed by atoms with Crippen molar-refractivity contribution >= 4 is 23.1 Å². The molecule has 1 fully saturated rings. The van der Waals surface area contributed by atoms with Crippen LogP contribution in [0.25, 0.3) is 0 Å². The van der Waals surface area contributed by atoms with E-state index in [4.69, 9.17) is 0 Å². The molecular formula is C39H70O7. The van der Waals surface area contributed by atoms with E-state index in [-0.39, 0.29) is 25.7 Å². The summed E-state index contributed by atoms with van der Waals surface area (Å²) >= 11 is 0. The first kappa shape index (κ1) is 42.6. The molecule has 3 N–H and O–H groups in total. The Hall–Kier alpha value is -1.44. The summed E-state index contributed by atoms with van der Waals surface area (Å²) in [5.74, 6) is -4.42. The number of ketones is 4. The molecule has 0 spiro atoms. The molecule has 2 atom stereocenters. The molecule has 0 aromatic carbocycles. The van der Waals surface area contributed by atoms with Gasteiger partial charge in [0.15, 0.2) is 17.3 Å². The lowest BCUT2D eigenvalue weighted by atomic mass is 9.71. The Morgan fingerprint density at radius 3 is 1.24 bits per heavy atom. The smallest absolute Gasteiger partial charge is 0.227 e. The van der Waals surface area contributed by atoms with Gasteiger partial charge in [0.2, 0.25) is 17.0 Å². The summed E-state index contributed by atoms with van der Waals surface area (Å²) in [5.41, 5.74) is -6.36. The van der Waals surface area contributed by atoms with Crippen molar-refractivity contribution < 1.29 is 34.5 Å². The minimum Gasteiger partial charge on any atom is -0.385 e. The summed E-state index contributed by atoms with van der Waals surface area (Å²) in [6.07, 6.45) is 26.5. The van der Waals surface area contributed by atoms with Crippen LogP contribution in [-0.4, -0.2) is 55.8 Å². The lowest BCUT2D eigenvalue weighted by molar-refractivity contribution is -0.190. The van der Waals surface area contributed by atoms with Gasteiger partial charge in [-0.15, -0.1) is 0 Å². The molecule has 0 amide bonds. The van der Waals surface area contributed by atoms with Crippen LogP contribution in [0.4, 0.5) is 0 Å². The van der Waals surface area contributed by atoms with Crippen LogP contribution in [0.15, 0.2) is 0 Å². The van der Waals surface area contributed by atoms with E-state index < -0.39 is 40.4 Å². The van der Waals surface area contributed by atoms with Crippen molar-refractivity contribution in [3.05, 3.63) is 0 Å². The number of aliphatic hydroxyl groups excluding tert-OH is 1. The third-order valence-corrected chi connectivity index (χ3v) is 10.1. The first-order valence-electron chi connectivity index (χ1n) is 19.4. The monoisotopic (exact) mass is 651 g/mol. The summed E-state index contributed by atoms with van der Waals surface area (Å²) in [5, 5.41) is 33.3. The molecule has 0 aromatic heterocycles. The van der Waals surface area contributed by atoms with Crippen LogP contribution in [-0.2, 0) is 19.2 Å². The molecule has 1 aliphatic rings. The van der Waals surface area contributed by atoms with Crippen molar-refractivity contribution in [1.29, 1.82) is 0 Å². The molecule has 0 aromatic rings. The topological polar surface area (TPSA) is 129 Å². The summed E-state index contributed by atoms with van der Waals surface area (Å²) in [4.78, 5) is 52.0. The van der Waals surface area contributed by atoms with E-state index in [9.17, 15) is 34.5 Å². The highest BCUT2D eigenvalue weighted by atomic mass is 16.4. The maximum Gasteiger partial charge on any atom is 0.227 e. The Labute approximate surface area is 281 Å². The lowest BCUT2D eigenvalue weighted by Gasteiger charge is -2.37. The zero-order valence-electron chi connectivity index (χ0n) is 29.8. The first-order valence-corrected chi connectivity index (χ1v) is 19.4. The number of aliphatic hydroxyl groups is 3. The molecule has 2 unspecified atom stereocenters. The molecule has 0 heterocycles. The number of hydrogen-bond donors (Lipinski definition) is 3. The van der Waals surface area contributed by atoms with Crippen LogP contribution < -0.4 is 0 Å². The zero-order valence-corrected chi connectivity index (χ0v) is 29.8. The summed E-state index contributed by atoms with van der Waals surface area (Å²) in [7, 11) is 0. The molecule has 0 aliphatic heterocycles. The van der Waals surface area contributed by atoms with Gasteiger partial charge >= 0.3 is 0 Å². The Balaban J connectivity index is 2.45. The van der Waals surface area contributed by atoms with Gasteiger partial charge < -0.3 is 15.3 Å². The predicted molar refractivity (Wildman–Crippen MR) is 186 cm³/mol. The van der Waals surface area contributed by atoms with Gasteiger partial charge in [0.1, 0.15) is 6.10 Å². The normalized spacial score (nSPS) is 16.5. The van der Waals surface area contributed by atoms with E-state index in [0.29, 0.717) is 19.3 Å². The van der Waals surface area contributed by atoms with Gasteiger partial charge in [-0.2, -0.15) is 0 Å². The van der Waals surface area contributed by atoms with Crippen molar-refractivity contribution in [3.63, 3.8) is 0 Å². The van der Waals surface area contributed by atoms with E-state index in [1.54, 1.807) is 0 Å². The zero-order chi connectivity index (χ0) is 34.1. The summed E-state index contributed by atoms with van der Waals surface area (Å²) in [6.45, 7) is 4.45. The molecule has 7 heteroatoms. The first-order chi connectivity index (χ1) is 22.2. The maximum absolute atomic E-state index is 13.4. The van der Waals surface area contributed by atoms with E-state index >= 15 is 0 Å². The highest BCUT2D eigenvalue weighted by Crippen LogP contribution is 2.37. The predicted octanol–water partition coefficient (Wildman–Crippen LogP) is 8.84. The van der Waals surface area contributed by atoms with E-state index in [0.717, 1.165) is 44.9 Å². The second-order valence-corrected chi connectivity index (χ2v) is 14.1. The van der Waals surface area contributed by atoms with E-state index in [1.165, 1.54) is 103 Å². The molecular weight excluding hydrogens is 580 g/mol. The fraction of sp³-hybridized carbons (Fsp3) is 0.897. The van der Waals surface area contributed by atoms with Crippen molar-refractivity contribution in [2.75, 3.05) is 0 Å². The van der Waals surface area contributed by atoms with Crippen LogP contribution in [0.3, 0.4) is 0 Å². The largest absolute Gasteiger partial charge is 0.385 e. The molecule has 1 saturated carbocycles. The number of carbonyl (C=O) groups is 4. The van der Waals surface area contributed by atoms with Gasteiger partial charge in [-0.3, -0.25) is 19.2 Å². The number of Topliss-reactive ketones (excluding diaryl/α,β-unsaturated/α-hetero) is 4. The quantitative estimate of drug-likeness (QED) is 0.0490. The van der Waals surface area contributed by atoms with Crippen LogP contribution in [0.1, 0.15) is 206 Å². The standard InChI is InChI=1S/C39H70O7/c1-3-5-7-9-11-13-15-17-19-21-23-25-27-29-33(40)37(44)39(46,38(45)35(42)31-32-36(38)43)34(41)30-28-26-24-22-20-18-16-14-12-10-8-6-4-2/h33,40,45-46H,3-32H2,1-2H3. The molecule has 268 valence electrons. The van der Waals surface area contributed by atoms with Crippen LogP contribution in [0.5, 0.6) is 0 Å². The molecule has 46 heavy (non-hydrogen) atoms. The van der Waals surface area contributed by atoms with Crippen molar-refractivity contribution in [3.8, 4) is 0 Å². The van der Waals surface area contributed by atoms with Crippen molar-refractivity contribution in [2.24, 2.45) is 0 Å². The maximum atomic E-state index is 13.4. The molecule has 0 saturated heterocycles. The average molecular weight is 651 g/mol. The second kappa shape index (κ2) is 25.6. The van der Waals surface area contributed by atoms with E-state index in [2.05, 4.69) is 13.8 Å². The minimum atomic E-state index is -3.25. The van der Waals surface area contributed by atoms with Gasteiger partial charge in [0, 0.05) is 19.3 Å². The third-order valence-electron chi connectivity index (χ3n) is 10.1. The Morgan fingerprint density at radius 1 is 0.587 bits per heavy atom. The molecule has 7 nitrogen and oxygen atoms in total. The number of hydrogen-bond acceptors (Lipinski definition) is 7. The van der Waals surface area contributed by atoms with Crippen molar-refractivity contribution in [1.82, 2.24) is 0 Å². The van der Waals surface area contributed by atoms with Gasteiger partial charge in [-0.05, 0) is 12.8 Å². The molecule has 1 aliphatic carbocycles. The van der Waals surface area contributed by atoms with Gasteiger partial charge in [-0.25, -0.2) is 0 Å². The summed E-state index contributed by atoms with van der Waals surface area (Å²) in [6, 6.07) is 0. The molecule has 0 radical (unpaired) electrons. The number of carbonyl (C=O) groups excluding carboxylic acids is 4. The van der Waals surface area contributed by atoms with Crippen LogP contribution >= 0.6 is 0 Å². The highest BCUT2D eigenvalue weighted by Gasteiger charge is 2.69. The third kappa shape index (κ3) is 14.8. The van der Waals surface area contributed by atoms with E-state index in [1.807, 2.05) is 0 Å². The molecule has 1 rings (SSSR count). The van der Waals surface area contributed by atoms with Crippen LogP contribution in [0.2, 0.25) is 0 Å². The van der Waals surface area contributed by atoms with Gasteiger partial charge in [0.25, 0.3) is 0 Å². The fourth-order valence-corrected chi connectivity index (χ4v) is 6.88. The molecule has 0 bridgehead atoms. The van der Waals surface area contributed by atoms with Crippen LogP contribution in [0, 0.1) is 0 Å². The Bertz CT molecular complexity index is 837. The number of unbranched alkanes of at least 4 members (excludes halogenated alkanes) is 24. The Morgan fingerprint density at radius 2 is 0.891 bits per heavy atom. The average Bonchev–Trinajstić information content (AvgIpc) is 3.32. The second-order valence-electron chi connectivity index (χ2n) is 14.1. The number of rotatable bonds is 32. The minimum absolute atomic E-state index is 0.00336. The Kier molecular flexibility index (Phi) is 23.7. The summed E-state index contributed by atoms with van der Waals surface area (Å²) < 4.78 is 0. The van der Waals surface area contributed by atoms with Gasteiger partial charge in [0.05, 0.1) is 0 Å². The highest BCUT2D eigenvalue weighted by molar-refractivity contribution is 6.28.